The predicted octanol–water partition coefficient (Wildman–Crippen LogP) is 5.65. The summed E-state index contributed by atoms with van der Waals surface area (Å²) in [6.45, 7) is 5.91. The molecule has 5 nitrogen and oxygen atoms in total. The first-order valence-electron chi connectivity index (χ1n) is 10.5. The average Bonchev–Trinajstić information content (AvgIpc) is 3.16. The molecule has 5 rings (SSSR count). The molecule has 0 aliphatic carbocycles. The maximum Gasteiger partial charge on any atom is 0.270 e. The van der Waals surface area contributed by atoms with Gasteiger partial charge in [-0.2, -0.15) is 0 Å². The topological polar surface area (TPSA) is 66.9 Å². The molecule has 32 heavy (non-hydrogen) atoms. The molecular weight excluding hydrogens is 398 g/mol. The zero-order valence-electron chi connectivity index (χ0n) is 18.2. The lowest BCUT2D eigenvalue weighted by Gasteiger charge is -2.15. The fraction of sp³-hybridized carbons (Fsp3) is 0.111. The van der Waals surface area contributed by atoms with E-state index in [1.54, 1.807) is 4.57 Å². The lowest BCUT2D eigenvalue weighted by atomic mass is 10.1. The summed E-state index contributed by atoms with van der Waals surface area (Å²) in [5.41, 5.74) is 5.55. The molecular formula is C27H23N3O2. The minimum absolute atomic E-state index is 0.1000. The van der Waals surface area contributed by atoms with E-state index in [1.807, 2.05) is 93.6 Å². The monoisotopic (exact) mass is 421 g/mol. The second kappa shape index (κ2) is 7.54. The first kappa shape index (κ1) is 19.8. The number of aryl methyl sites for hydroxylation is 3. The molecule has 5 heteroatoms. The first-order valence-corrected chi connectivity index (χ1v) is 10.5. The fourth-order valence-electron chi connectivity index (χ4n) is 4.23. The number of hydrogen-bond donors (Lipinski definition) is 2. The van der Waals surface area contributed by atoms with Crippen LogP contribution in [0.4, 0.5) is 5.69 Å². The number of nitrogens with zero attached hydrogens (tertiary/aromatic N) is 1. The molecule has 0 unspecified atom stereocenters. The van der Waals surface area contributed by atoms with Crippen LogP contribution in [0.1, 0.15) is 27.2 Å². The van der Waals surface area contributed by atoms with Gasteiger partial charge in [0.2, 0.25) is 0 Å². The van der Waals surface area contributed by atoms with Gasteiger partial charge in [-0.3, -0.25) is 14.2 Å². The summed E-state index contributed by atoms with van der Waals surface area (Å²) in [5.74, 6) is -0.434. The Morgan fingerprint density at radius 2 is 1.47 bits per heavy atom. The van der Waals surface area contributed by atoms with Crippen molar-refractivity contribution in [2.45, 2.75) is 20.8 Å². The summed E-state index contributed by atoms with van der Waals surface area (Å²) >= 11 is 0. The van der Waals surface area contributed by atoms with Gasteiger partial charge in [0.15, 0.2) is 0 Å². The molecule has 158 valence electrons. The van der Waals surface area contributed by atoms with Crippen LogP contribution >= 0.6 is 0 Å². The Morgan fingerprint density at radius 1 is 0.844 bits per heavy atom. The van der Waals surface area contributed by atoms with Crippen LogP contribution in [0, 0.1) is 20.8 Å². The van der Waals surface area contributed by atoms with E-state index in [9.17, 15) is 9.59 Å². The maximum atomic E-state index is 13.7. The maximum absolute atomic E-state index is 13.7. The highest BCUT2D eigenvalue weighted by molar-refractivity contribution is 6.18. The Kier molecular flexibility index (Phi) is 4.67. The number of aromatic nitrogens is 2. The summed E-state index contributed by atoms with van der Waals surface area (Å²) in [6.07, 6.45) is 0. The van der Waals surface area contributed by atoms with Gasteiger partial charge in [-0.05, 0) is 51.1 Å². The van der Waals surface area contributed by atoms with E-state index in [0.717, 1.165) is 38.8 Å². The van der Waals surface area contributed by atoms with Crippen molar-refractivity contribution in [2.75, 3.05) is 5.32 Å². The van der Waals surface area contributed by atoms with Gasteiger partial charge in [-0.1, -0.05) is 53.6 Å². The van der Waals surface area contributed by atoms with Crippen LogP contribution in [0.25, 0.3) is 27.5 Å². The van der Waals surface area contributed by atoms with Crippen molar-refractivity contribution < 1.29 is 4.79 Å². The van der Waals surface area contributed by atoms with Crippen LogP contribution in [0.5, 0.6) is 0 Å². The Morgan fingerprint density at radius 3 is 2.16 bits per heavy atom. The largest absolute Gasteiger partial charge is 0.354 e. The van der Waals surface area contributed by atoms with Crippen molar-refractivity contribution in [2.24, 2.45) is 0 Å². The quantitative estimate of drug-likeness (QED) is 0.395. The van der Waals surface area contributed by atoms with Gasteiger partial charge in [0.05, 0.1) is 5.52 Å². The number of carbonyl (C=O) groups is 1. The average molecular weight is 422 g/mol. The van der Waals surface area contributed by atoms with Crippen molar-refractivity contribution in [3.8, 4) is 5.69 Å². The third-order valence-electron chi connectivity index (χ3n) is 5.90. The zero-order valence-corrected chi connectivity index (χ0v) is 18.2. The highest BCUT2D eigenvalue weighted by Gasteiger charge is 2.24. The van der Waals surface area contributed by atoms with Crippen LogP contribution in [0.3, 0.4) is 0 Å². The summed E-state index contributed by atoms with van der Waals surface area (Å²) in [6, 6.07) is 23.1. The Hall–Kier alpha value is -4.12. The number of hydrogen-bond acceptors (Lipinski definition) is 2. The van der Waals surface area contributed by atoms with E-state index in [-0.39, 0.29) is 11.1 Å². The van der Waals surface area contributed by atoms with E-state index < -0.39 is 5.91 Å². The summed E-state index contributed by atoms with van der Waals surface area (Å²) in [4.78, 5) is 30.5. The molecule has 1 amide bonds. The third-order valence-corrected chi connectivity index (χ3v) is 5.90. The molecule has 0 atom stereocenters. The number of H-pyrrole nitrogens is 1. The molecule has 0 radical (unpaired) electrons. The summed E-state index contributed by atoms with van der Waals surface area (Å²) in [7, 11) is 0. The molecule has 0 saturated heterocycles. The number of benzene rings is 3. The summed E-state index contributed by atoms with van der Waals surface area (Å²) in [5, 5.41) is 4.75. The Balaban J connectivity index is 1.80. The molecule has 0 bridgehead atoms. The SMILES string of the molecule is Cc1ccc(NC(=O)c2c(=O)n(-c3ccc(C)cc3)c(C)c3c2[nH]c2ccccc23)cc1. The molecule has 5 aromatic rings. The second-order valence-electron chi connectivity index (χ2n) is 8.18. The third kappa shape index (κ3) is 3.19. The molecule has 0 aliphatic heterocycles. The van der Waals surface area contributed by atoms with Gasteiger partial charge in [0, 0.05) is 33.4 Å². The molecule has 3 aromatic carbocycles. The number of para-hydroxylation sites is 1. The number of rotatable bonds is 3. The van der Waals surface area contributed by atoms with Crippen molar-refractivity contribution in [3.05, 3.63) is 106 Å². The van der Waals surface area contributed by atoms with Crippen molar-refractivity contribution in [1.29, 1.82) is 0 Å². The van der Waals surface area contributed by atoms with Gasteiger partial charge in [-0.25, -0.2) is 0 Å². The van der Waals surface area contributed by atoms with Gasteiger partial charge in [0.25, 0.3) is 11.5 Å². The van der Waals surface area contributed by atoms with Crippen molar-refractivity contribution >= 4 is 33.4 Å². The number of fused-ring (bicyclic) bond motifs is 3. The molecule has 0 saturated carbocycles. The van der Waals surface area contributed by atoms with Crippen LogP contribution in [-0.4, -0.2) is 15.5 Å². The smallest absolute Gasteiger partial charge is 0.270 e. The molecule has 2 N–H and O–H groups in total. The van der Waals surface area contributed by atoms with E-state index in [4.69, 9.17) is 0 Å². The summed E-state index contributed by atoms with van der Waals surface area (Å²) < 4.78 is 1.63. The highest BCUT2D eigenvalue weighted by atomic mass is 16.2. The normalized spacial score (nSPS) is 11.2. The van der Waals surface area contributed by atoms with E-state index in [0.29, 0.717) is 11.2 Å². The molecule has 2 aromatic heterocycles. The van der Waals surface area contributed by atoms with Crippen LogP contribution < -0.4 is 10.9 Å². The molecule has 0 fully saturated rings. The number of anilines is 1. The van der Waals surface area contributed by atoms with Crippen LogP contribution in [-0.2, 0) is 0 Å². The lowest BCUT2D eigenvalue weighted by molar-refractivity contribution is 0.102. The van der Waals surface area contributed by atoms with Gasteiger partial charge >= 0.3 is 0 Å². The number of carbonyl (C=O) groups excluding carboxylic acids is 1. The van der Waals surface area contributed by atoms with Gasteiger partial charge < -0.3 is 10.3 Å². The lowest BCUT2D eigenvalue weighted by Crippen LogP contribution is -2.30. The number of pyridine rings is 1. The van der Waals surface area contributed by atoms with Crippen molar-refractivity contribution in [3.63, 3.8) is 0 Å². The molecule has 0 aliphatic rings. The predicted molar refractivity (Wildman–Crippen MR) is 130 cm³/mol. The van der Waals surface area contributed by atoms with Crippen LogP contribution in [0.15, 0.2) is 77.6 Å². The Bertz CT molecular complexity index is 1540. The van der Waals surface area contributed by atoms with Gasteiger partial charge in [0.1, 0.15) is 5.56 Å². The fourth-order valence-corrected chi connectivity index (χ4v) is 4.23. The van der Waals surface area contributed by atoms with Crippen molar-refractivity contribution in [1.82, 2.24) is 9.55 Å². The molecule has 2 heterocycles. The van der Waals surface area contributed by atoms with E-state index in [2.05, 4.69) is 10.3 Å². The minimum Gasteiger partial charge on any atom is -0.354 e. The minimum atomic E-state index is -0.434. The standard InChI is InChI=1S/C27H23N3O2/c1-16-8-12-19(13-9-16)28-26(31)24-25-23(21-6-4-5-7-22(21)29-25)18(3)30(27(24)32)20-14-10-17(2)11-15-20/h4-15,29H,1-3H3,(H,28,31). The van der Waals surface area contributed by atoms with E-state index in [1.165, 1.54) is 0 Å². The molecule has 0 spiro atoms. The second-order valence-corrected chi connectivity index (χ2v) is 8.18. The van der Waals surface area contributed by atoms with Gasteiger partial charge in [-0.15, -0.1) is 0 Å². The zero-order chi connectivity index (χ0) is 22.4. The first-order chi connectivity index (χ1) is 15.4. The van der Waals surface area contributed by atoms with E-state index >= 15 is 0 Å². The Labute approximate surface area is 185 Å². The van der Waals surface area contributed by atoms with Crippen LogP contribution in [0.2, 0.25) is 0 Å². The highest BCUT2D eigenvalue weighted by Crippen LogP contribution is 2.30. The number of amides is 1. The number of nitrogens with one attached hydrogen (secondary N) is 2. The number of aromatic amines is 1.